The van der Waals surface area contributed by atoms with E-state index in [2.05, 4.69) is 29.6 Å². The highest BCUT2D eigenvalue weighted by atomic mass is 16.5. The van der Waals surface area contributed by atoms with Gasteiger partial charge in [-0.1, -0.05) is 60.7 Å². The van der Waals surface area contributed by atoms with Gasteiger partial charge in [-0.15, -0.1) is 0 Å². The molecule has 0 saturated carbocycles. The van der Waals surface area contributed by atoms with Crippen molar-refractivity contribution < 1.29 is 19.0 Å². The van der Waals surface area contributed by atoms with Crippen LogP contribution in [0.4, 0.5) is 10.5 Å². The molecule has 0 aromatic heterocycles. The Bertz CT molecular complexity index is 1010. The number of hydrogen-bond donors (Lipinski definition) is 2. The van der Waals surface area contributed by atoms with E-state index in [0.29, 0.717) is 50.8 Å². The summed E-state index contributed by atoms with van der Waals surface area (Å²) in [5, 5.41) is 2.79. The summed E-state index contributed by atoms with van der Waals surface area (Å²) in [6.07, 6.45) is 0.284. The highest BCUT2D eigenvalue weighted by molar-refractivity contribution is 5.79. The number of benzene rings is 3. The smallest absolute Gasteiger partial charge is 0.407 e. The second kappa shape index (κ2) is 10.7. The maximum absolute atomic E-state index is 12.1. The number of nitrogen functional groups attached to an aromatic ring is 1. The molecular weight excluding hydrogens is 404 g/mol. The second-order valence-corrected chi connectivity index (χ2v) is 7.60. The van der Waals surface area contributed by atoms with Gasteiger partial charge in [-0.3, -0.25) is 0 Å². The zero-order valence-electron chi connectivity index (χ0n) is 18.0. The quantitative estimate of drug-likeness (QED) is 0.362. The standard InChI is InChI=1S/C26H28N2O4/c27-24-12-5-6-13-25(24)31-17-16-30-15-7-14-28-26(29)32-18-23-21-10-3-1-8-19(21)20-9-2-4-11-22(20)23/h1-6,8-13,23H,7,14-18,27H2,(H,28,29). The molecule has 0 heterocycles. The SMILES string of the molecule is Nc1ccccc1OCCOCCCNC(=O)OCC1c2ccccc2-c2ccccc21. The van der Waals surface area contributed by atoms with Crippen LogP contribution in [0.1, 0.15) is 23.5 Å². The predicted molar refractivity (Wildman–Crippen MR) is 125 cm³/mol. The third-order valence-electron chi connectivity index (χ3n) is 5.48. The lowest BCUT2D eigenvalue weighted by Crippen LogP contribution is -2.27. The average Bonchev–Trinajstić information content (AvgIpc) is 3.14. The zero-order valence-corrected chi connectivity index (χ0v) is 18.0. The van der Waals surface area contributed by atoms with Gasteiger partial charge in [-0.05, 0) is 40.8 Å². The lowest BCUT2D eigenvalue weighted by Gasteiger charge is -2.14. The number of anilines is 1. The zero-order chi connectivity index (χ0) is 22.2. The van der Waals surface area contributed by atoms with Crippen LogP contribution in [0, 0.1) is 0 Å². The van der Waals surface area contributed by atoms with Crippen LogP contribution in [-0.2, 0) is 9.47 Å². The molecule has 3 N–H and O–H groups in total. The summed E-state index contributed by atoms with van der Waals surface area (Å²) in [5.41, 5.74) is 11.3. The number of carbonyl (C=O) groups is 1. The number of nitrogens with one attached hydrogen (secondary N) is 1. The summed E-state index contributed by atoms with van der Waals surface area (Å²) in [6, 6.07) is 23.9. The van der Waals surface area contributed by atoms with Gasteiger partial charge >= 0.3 is 6.09 Å². The van der Waals surface area contributed by atoms with Crippen molar-refractivity contribution in [3.63, 3.8) is 0 Å². The molecular formula is C26H28N2O4. The van der Waals surface area contributed by atoms with E-state index in [-0.39, 0.29) is 5.92 Å². The van der Waals surface area contributed by atoms with Crippen molar-refractivity contribution in [1.29, 1.82) is 0 Å². The molecule has 0 atom stereocenters. The summed E-state index contributed by atoms with van der Waals surface area (Å²) >= 11 is 0. The van der Waals surface area contributed by atoms with E-state index >= 15 is 0 Å². The van der Waals surface area contributed by atoms with E-state index in [1.165, 1.54) is 22.3 Å². The van der Waals surface area contributed by atoms with Crippen molar-refractivity contribution in [2.45, 2.75) is 12.3 Å². The number of hydrogen-bond acceptors (Lipinski definition) is 5. The summed E-state index contributed by atoms with van der Waals surface area (Å²) < 4.78 is 16.6. The van der Waals surface area contributed by atoms with E-state index in [4.69, 9.17) is 19.9 Å². The van der Waals surface area contributed by atoms with Crippen molar-refractivity contribution in [3.8, 4) is 16.9 Å². The minimum atomic E-state index is -0.408. The molecule has 3 aromatic carbocycles. The molecule has 3 aromatic rings. The van der Waals surface area contributed by atoms with Crippen LogP contribution in [0.15, 0.2) is 72.8 Å². The molecule has 6 nitrogen and oxygen atoms in total. The molecule has 1 aliphatic rings. The molecule has 32 heavy (non-hydrogen) atoms. The first-order valence-electron chi connectivity index (χ1n) is 10.9. The van der Waals surface area contributed by atoms with Gasteiger partial charge in [-0.25, -0.2) is 4.79 Å². The monoisotopic (exact) mass is 432 g/mol. The topological polar surface area (TPSA) is 82.8 Å². The van der Waals surface area contributed by atoms with Crippen LogP contribution in [0.25, 0.3) is 11.1 Å². The maximum atomic E-state index is 12.1. The van der Waals surface area contributed by atoms with E-state index in [9.17, 15) is 4.79 Å². The number of nitrogens with two attached hydrogens (primary N) is 1. The van der Waals surface area contributed by atoms with Crippen molar-refractivity contribution in [2.75, 3.05) is 38.7 Å². The molecule has 0 unspecified atom stereocenters. The van der Waals surface area contributed by atoms with E-state index < -0.39 is 6.09 Å². The molecule has 0 fully saturated rings. The number of rotatable bonds is 10. The summed E-state index contributed by atoms with van der Waals surface area (Å²) in [5.74, 6) is 0.725. The summed E-state index contributed by atoms with van der Waals surface area (Å²) in [7, 11) is 0. The Balaban J connectivity index is 1.12. The number of alkyl carbamates (subject to hydrolysis) is 1. The van der Waals surface area contributed by atoms with Crippen molar-refractivity contribution in [1.82, 2.24) is 5.32 Å². The van der Waals surface area contributed by atoms with Gasteiger partial charge in [0.1, 0.15) is 19.0 Å². The Labute approximate surface area is 188 Å². The second-order valence-electron chi connectivity index (χ2n) is 7.60. The number of amides is 1. The van der Waals surface area contributed by atoms with Crippen LogP contribution in [-0.4, -0.2) is 39.1 Å². The first-order chi connectivity index (χ1) is 15.7. The van der Waals surface area contributed by atoms with Crippen molar-refractivity contribution in [2.24, 2.45) is 0 Å². The third-order valence-corrected chi connectivity index (χ3v) is 5.48. The van der Waals surface area contributed by atoms with E-state index in [1.807, 2.05) is 42.5 Å². The van der Waals surface area contributed by atoms with Gasteiger partial charge in [0.15, 0.2) is 0 Å². The molecule has 1 aliphatic carbocycles. The van der Waals surface area contributed by atoms with Crippen LogP contribution in [0.5, 0.6) is 5.75 Å². The molecule has 4 rings (SSSR count). The Kier molecular flexibility index (Phi) is 7.25. The fourth-order valence-electron chi connectivity index (χ4n) is 3.94. The third kappa shape index (κ3) is 5.21. The fraction of sp³-hybridized carbons (Fsp3) is 0.269. The first-order valence-corrected chi connectivity index (χ1v) is 10.9. The molecule has 1 amide bonds. The lowest BCUT2D eigenvalue weighted by molar-refractivity contribution is 0.0974. The van der Waals surface area contributed by atoms with Crippen LogP contribution >= 0.6 is 0 Å². The minimum absolute atomic E-state index is 0.0649. The Morgan fingerprint density at radius 1 is 0.844 bits per heavy atom. The van der Waals surface area contributed by atoms with Gasteiger partial charge in [0.05, 0.1) is 12.3 Å². The van der Waals surface area contributed by atoms with Crippen LogP contribution in [0.2, 0.25) is 0 Å². The molecule has 0 spiro atoms. The van der Waals surface area contributed by atoms with Crippen LogP contribution in [0.3, 0.4) is 0 Å². The van der Waals surface area contributed by atoms with Crippen LogP contribution < -0.4 is 15.8 Å². The number of fused-ring (bicyclic) bond motifs is 3. The minimum Gasteiger partial charge on any atom is -0.489 e. The number of para-hydroxylation sites is 2. The molecule has 6 heteroatoms. The largest absolute Gasteiger partial charge is 0.489 e. The highest BCUT2D eigenvalue weighted by Gasteiger charge is 2.28. The molecule has 0 aliphatic heterocycles. The Morgan fingerprint density at radius 3 is 2.22 bits per heavy atom. The fourth-order valence-corrected chi connectivity index (χ4v) is 3.94. The normalized spacial score (nSPS) is 12.1. The van der Waals surface area contributed by atoms with Gasteiger partial charge < -0.3 is 25.3 Å². The van der Waals surface area contributed by atoms with E-state index in [1.54, 1.807) is 6.07 Å². The highest BCUT2D eigenvalue weighted by Crippen LogP contribution is 2.44. The molecule has 0 saturated heterocycles. The lowest BCUT2D eigenvalue weighted by atomic mass is 9.98. The number of carbonyl (C=O) groups excluding carboxylic acids is 1. The average molecular weight is 433 g/mol. The first kappa shape index (κ1) is 21.7. The van der Waals surface area contributed by atoms with Gasteiger partial charge in [0, 0.05) is 19.1 Å². The Morgan fingerprint density at radius 2 is 1.50 bits per heavy atom. The van der Waals surface area contributed by atoms with E-state index in [0.717, 1.165) is 0 Å². The van der Waals surface area contributed by atoms with Gasteiger partial charge in [0.25, 0.3) is 0 Å². The number of ether oxygens (including phenoxy) is 3. The van der Waals surface area contributed by atoms with Crippen molar-refractivity contribution >= 4 is 11.8 Å². The molecule has 166 valence electrons. The van der Waals surface area contributed by atoms with Gasteiger partial charge in [-0.2, -0.15) is 0 Å². The molecule has 0 bridgehead atoms. The Hall–Kier alpha value is -3.51. The summed E-state index contributed by atoms with van der Waals surface area (Å²) in [4.78, 5) is 12.1. The van der Waals surface area contributed by atoms with Crippen molar-refractivity contribution in [3.05, 3.63) is 83.9 Å². The maximum Gasteiger partial charge on any atom is 0.407 e. The summed E-state index contributed by atoms with van der Waals surface area (Å²) in [6.45, 7) is 2.21. The predicted octanol–water partition coefficient (Wildman–Crippen LogP) is 4.59. The molecule has 0 radical (unpaired) electrons. The van der Waals surface area contributed by atoms with Gasteiger partial charge in [0.2, 0.25) is 0 Å².